The van der Waals surface area contributed by atoms with Crippen molar-refractivity contribution in [2.24, 2.45) is 0 Å². The van der Waals surface area contributed by atoms with Gasteiger partial charge in [-0.05, 0) is 69.5 Å². The van der Waals surface area contributed by atoms with Gasteiger partial charge in [0.1, 0.15) is 12.6 Å². The first-order chi connectivity index (χ1) is 25.1. The van der Waals surface area contributed by atoms with Crippen molar-refractivity contribution in [3.8, 4) is 11.1 Å². The second kappa shape index (κ2) is 20.2. The van der Waals surface area contributed by atoms with Gasteiger partial charge in [0.2, 0.25) is 11.8 Å². The molecule has 3 aromatic rings. The molecule has 2 atom stereocenters. The smallest absolute Gasteiger partial charge is 0.338 e. The molecule has 0 radical (unpaired) electrons. The van der Waals surface area contributed by atoms with Crippen molar-refractivity contribution < 1.29 is 23.9 Å². The summed E-state index contributed by atoms with van der Waals surface area (Å²) in [6, 6.07) is 25.9. The van der Waals surface area contributed by atoms with Crippen molar-refractivity contribution in [1.29, 1.82) is 0 Å². The first-order valence-electron chi connectivity index (χ1n) is 18.5. The Morgan fingerprint density at radius 1 is 0.865 bits per heavy atom. The minimum Gasteiger partial charge on any atom is -0.457 e. The number of nitrogens with one attached hydrogen (secondary N) is 2. The second-order valence-corrected chi connectivity index (χ2v) is 13.6. The molecule has 0 saturated heterocycles. The van der Waals surface area contributed by atoms with E-state index in [0.717, 1.165) is 35.1 Å². The number of rotatable bonds is 19. The zero-order valence-electron chi connectivity index (χ0n) is 31.4. The lowest BCUT2D eigenvalue weighted by Crippen LogP contribution is -2.50. The maximum atomic E-state index is 13.8. The summed E-state index contributed by atoms with van der Waals surface area (Å²) < 4.78 is 5.81. The van der Waals surface area contributed by atoms with E-state index in [1.54, 1.807) is 23.6 Å². The maximum Gasteiger partial charge on any atom is 0.338 e. The van der Waals surface area contributed by atoms with Crippen LogP contribution in [-0.2, 0) is 25.7 Å². The summed E-state index contributed by atoms with van der Waals surface area (Å²) in [6.45, 7) is 7.86. The fraction of sp³-hybridized carbons (Fsp3) is 0.429. The van der Waals surface area contributed by atoms with Gasteiger partial charge in [-0.25, -0.2) is 9.59 Å². The fourth-order valence-electron chi connectivity index (χ4n) is 6.25. The lowest BCUT2D eigenvalue weighted by Gasteiger charge is -2.35. The number of nitrogens with zero attached hydrogens (tertiary/aromatic N) is 3. The second-order valence-electron chi connectivity index (χ2n) is 13.6. The molecule has 0 aromatic heterocycles. The molecule has 1 heterocycles. The van der Waals surface area contributed by atoms with E-state index < -0.39 is 18.1 Å². The fourth-order valence-corrected chi connectivity index (χ4v) is 6.25. The van der Waals surface area contributed by atoms with Crippen molar-refractivity contribution in [2.45, 2.75) is 78.0 Å². The Bertz CT molecular complexity index is 1640. The van der Waals surface area contributed by atoms with Gasteiger partial charge < -0.3 is 25.2 Å². The molecular weight excluding hydrogens is 654 g/mol. The Hall–Kier alpha value is -4.96. The van der Waals surface area contributed by atoms with Gasteiger partial charge >= 0.3 is 12.0 Å². The van der Waals surface area contributed by atoms with Gasteiger partial charge in [-0.15, -0.1) is 0 Å². The minimum absolute atomic E-state index is 0.0589. The lowest BCUT2D eigenvalue weighted by molar-refractivity contribution is -0.141. The zero-order valence-corrected chi connectivity index (χ0v) is 31.4. The Balaban J connectivity index is 1.43. The van der Waals surface area contributed by atoms with Gasteiger partial charge in [-0.3, -0.25) is 14.5 Å². The molecular formula is C42H55N5O5. The first kappa shape index (κ1) is 39.8. The summed E-state index contributed by atoms with van der Waals surface area (Å²) in [6.07, 6.45) is 4.12. The molecule has 0 aliphatic carbocycles. The van der Waals surface area contributed by atoms with Crippen molar-refractivity contribution in [3.05, 3.63) is 107 Å². The summed E-state index contributed by atoms with van der Waals surface area (Å²) >= 11 is 0. The summed E-state index contributed by atoms with van der Waals surface area (Å²) in [5.41, 5.74) is 4.70. The number of hydrogen-bond donors (Lipinski definition) is 2. The predicted octanol–water partition coefficient (Wildman–Crippen LogP) is 6.69. The third-order valence-corrected chi connectivity index (χ3v) is 9.44. The molecule has 0 bridgehead atoms. The van der Waals surface area contributed by atoms with Crippen LogP contribution in [0.5, 0.6) is 0 Å². The average Bonchev–Trinajstić information content (AvgIpc) is 3.15. The van der Waals surface area contributed by atoms with E-state index in [-0.39, 0.29) is 24.5 Å². The average molecular weight is 710 g/mol. The summed E-state index contributed by atoms with van der Waals surface area (Å²) in [4.78, 5) is 58.7. The zero-order chi connectivity index (χ0) is 37.5. The van der Waals surface area contributed by atoms with Crippen molar-refractivity contribution in [1.82, 2.24) is 25.3 Å². The number of carbonyl (C=O) groups is 4. The summed E-state index contributed by atoms with van der Waals surface area (Å²) in [5.74, 6) is -0.682. The third-order valence-electron chi connectivity index (χ3n) is 9.44. The SMILES string of the molecule is CCCCNC(=O)C(C)N(CCN(C)C)C(=O)CCCCCN1C(=O)NC(c2ccc(-c3ccccc3)cc2)C(C(=O)OCc2ccccc2)=C1C. The molecule has 2 unspecified atom stereocenters. The van der Waals surface area contributed by atoms with E-state index in [4.69, 9.17) is 4.74 Å². The van der Waals surface area contributed by atoms with Crippen LogP contribution in [0.4, 0.5) is 4.79 Å². The van der Waals surface area contributed by atoms with Gasteiger partial charge in [0.25, 0.3) is 0 Å². The van der Waals surface area contributed by atoms with Gasteiger partial charge in [0, 0.05) is 38.3 Å². The van der Waals surface area contributed by atoms with E-state index in [9.17, 15) is 19.2 Å². The number of ether oxygens (including phenoxy) is 1. The number of allylic oxidation sites excluding steroid dienone is 1. The van der Waals surface area contributed by atoms with Crippen LogP contribution >= 0.6 is 0 Å². The topological polar surface area (TPSA) is 111 Å². The molecule has 1 aliphatic heterocycles. The van der Waals surface area contributed by atoms with Crippen LogP contribution in [0.15, 0.2) is 96.2 Å². The number of hydrogen-bond acceptors (Lipinski definition) is 6. The minimum atomic E-state index is -0.677. The van der Waals surface area contributed by atoms with E-state index in [2.05, 4.69) is 17.6 Å². The number of esters is 1. The van der Waals surface area contributed by atoms with Crippen LogP contribution in [0.2, 0.25) is 0 Å². The van der Waals surface area contributed by atoms with Gasteiger partial charge in [-0.1, -0.05) is 105 Å². The molecule has 0 fully saturated rings. The standard InChI is InChI=1S/C42H55N5O5/c1-6-7-26-43-40(49)32(3)46(29-28-45(4)5)37(48)21-15-10-16-27-47-31(2)38(41(50)52-30-33-17-11-8-12-18-33)39(44-42(47)51)36-24-22-35(23-25-36)34-19-13-9-14-20-34/h8-9,11-14,17-20,22-25,32,39H,6-7,10,15-16,21,26-30H2,1-5H3,(H,43,49)(H,44,51). The molecule has 0 saturated carbocycles. The quantitative estimate of drug-likeness (QED) is 0.106. The number of amides is 4. The van der Waals surface area contributed by atoms with E-state index in [1.165, 1.54) is 0 Å². The molecule has 10 nitrogen and oxygen atoms in total. The number of urea groups is 1. The number of unbranched alkanes of at least 4 members (excludes halogenated alkanes) is 3. The monoisotopic (exact) mass is 709 g/mol. The highest BCUT2D eigenvalue weighted by atomic mass is 16.5. The maximum absolute atomic E-state index is 13.8. The Labute approximate surface area is 309 Å². The van der Waals surface area contributed by atoms with Crippen molar-refractivity contribution >= 4 is 23.8 Å². The van der Waals surface area contributed by atoms with E-state index in [1.807, 2.05) is 104 Å². The predicted molar refractivity (Wildman–Crippen MR) is 205 cm³/mol. The van der Waals surface area contributed by atoms with Crippen LogP contribution < -0.4 is 10.6 Å². The number of benzene rings is 3. The van der Waals surface area contributed by atoms with Gasteiger partial charge in [0.15, 0.2) is 0 Å². The van der Waals surface area contributed by atoms with E-state index in [0.29, 0.717) is 63.1 Å². The molecule has 0 spiro atoms. The molecule has 278 valence electrons. The highest BCUT2D eigenvalue weighted by Gasteiger charge is 2.36. The summed E-state index contributed by atoms with van der Waals surface area (Å²) in [5, 5.41) is 6.02. The normalized spacial score (nSPS) is 14.9. The molecule has 52 heavy (non-hydrogen) atoms. The molecule has 1 aliphatic rings. The Kier molecular flexibility index (Phi) is 15.4. The molecule has 2 N–H and O–H groups in total. The van der Waals surface area contributed by atoms with Crippen LogP contribution in [0.25, 0.3) is 11.1 Å². The summed E-state index contributed by atoms with van der Waals surface area (Å²) in [7, 11) is 3.89. The molecule has 3 aromatic carbocycles. The van der Waals surface area contributed by atoms with Crippen molar-refractivity contribution in [2.75, 3.05) is 40.3 Å². The van der Waals surface area contributed by atoms with E-state index >= 15 is 0 Å². The van der Waals surface area contributed by atoms with Crippen LogP contribution in [-0.4, -0.2) is 84.8 Å². The lowest BCUT2D eigenvalue weighted by atomic mass is 9.93. The highest BCUT2D eigenvalue weighted by molar-refractivity contribution is 5.95. The highest BCUT2D eigenvalue weighted by Crippen LogP contribution is 2.33. The Morgan fingerprint density at radius 3 is 2.17 bits per heavy atom. The van der Waals surface area contributed by atoms with Gasteiger partial charge in [-0.2, -0.15) is 0 Å². The molecule has 4 amide bonds. The van der Waals surface area contributed by atoms with Crippen LogP contribution in [0.3, 0.4) is 0 Å². The van der Waals surface area contributed by atoms with Crippen LogP contribution in [0.1, 0.15) is 76.5 Å². The first-order valence-corrected chi connectivity index (χ1v) is 18.5. The largest absolute Gasteiger partial charge is 0.457 e. The Morgan fingerprint density at radius 2 is 1.52 bits per heavy atom. The number of likely N-dealkylation sites (N-methyl/N-ethyl adjacent to an activating group) is 1. The molecule has 10 heteroatoms. The third kappa shape index (κ3) is 11.3. The van der Waals surface area contributed by atoms with Crippen molar-refractivity contribution in [3.63, 3.8) is 0 Å². The van der Waals surface area contributed by atoms with Gasteiger partial charge in [0.05, 0.1) is 11.6 Å². The molecule has 4 rings (SSSR count). The number of carbonyl (C=O) groups excluding carboxylic acids is 4. The van der Waals surface area contributed by atoms with Crippen LogP contribution in [0, 0.1) is 0 Å².